The number of nitrogens with zero attached hydrogens (tertiary/aromatic N) is 2. The van der Waals surface area contributed by atoms with Crippen molar-refractivity contribution in [1.29, 1.82) is 0 Å². The lowest BCUT2D eigenvalue weighted by Gasteiger charge is -2.70. The number of aliphatic hydroxyl groups excluding tert-OH is 1. The van der Waals surface area contributed by atoms with E-state index in [1.54, 1.807) is 21.9 Å². The highest BCUT2D eigenvalue weighted by Gasteiger charge is 2.67. The number of hydrogen-bond acceptors (Lipinski definition) is 3. The third-order valence-corrected chi connectivity index (χ3v) is 6.36. The van der Waals surface area contributed by atoms with E-state index < -0.39 is 5.54 Å². The van der Waals surface area contributed by atoms with Crippen molar-refractivity contribution < 1.29 is 19.1 Å². The average molecular weight is 396 g/mol. The molecule has 2 heterocycles. The summed E-state index contributed by atoms with van der Waals surface area (Å²) in [6, 6.07) is 14.1. The molecule has 0 aromatic heterocycles. The maximum atomic E-state index is 13.2. The Labute approximate surface area is 169 Å². The molecule has 4 rings (SSSR count). The molecule has 0 aliphatic carbocycles. The van der Waals surface area contributed by atoms with Crippen LogP contribution in [0.5, 0.6) is 0 Å². The van der Waals surface area contributed by atoms with Crippen molar-refractivity contribution in [3.05, 3.63) is 59.9 Å². The summed E-state index contributed by atoms with van der Waals surface area (Å²) in [5.74, 6) is -0.294. The van der Waals surface area contributed by atoms with Gasteiger partial charge in [0.15, 0.2) is 0 Å². The molecule has 2 aromatic carbocycles. The molecule has 152 valence electrons. The van der Waals surface area contributed by atoms with E-state index in [2.05, 4.69) is 0 Å². The Morgan fingerprint density at radius 1 is 1.07 bits per heavy atom. The number of carbonyl (C=O) groups is 2. The van der Waals surface area contributed by atoms with Gasteiger partial charge in [0.25, 0.3) is 0 Å². The van der Waals surface area contributed by atoms with Gasteiger partial charge >= 0.3 is 0 Å². The minimum atomic E-state index is -0.441. The lowest BCUT2D eigenvalue weighted by molar-refractivity contribution is -0.202. The maximum Gasteiger partial charge on any atom is 0.223 e. The van der Waals surface area contributed by atoms with Crippen LogP contribution < -0.4 is 0 Å². The highest BCUT2D eigenvalue weighted by Crippen LogP contribution is 2.54. The maximum absolute atomic E-state index is 13.2. The van der Waals surface area contributed by atoms with Crippen LogP contribution in [0.3, 0.4) is 0 Å². The molecule has 0 unspecified atom stereocenters. The predicted octanol–water partition coefficient (Wildman–Crippen LogP) is 2.79. The van der Waals surface area contributed by atoms with Gasteiger partial charge in [0.05, 0.1) is 18.2 Å². The molecule has 2 atom stereocenters. The highest BCUT2D eigenvalue weighted by molar-refractivity contribution is 5.82. The van der Waals surface area contributed by atoms with E-state index >= 15 is 0 Å². The molecule has 2 aliphatic rings. The van der Waals surface area contributed by atoms with Crippen LogP contribution in [0.15, 0.2) is 48.5 Å². The molecule has 0 saturated carbocycles. The molecule has 2 saturated heterocycles. The number of amides is 2. The van der Waals surface area contributed by atoms with Crippen LogP contribution in [0.25, 0.3) is 11.1 Å². The van der Waals surface area contributed by atoms with Crippen LogP contribution in [-0.4, -0.2) is 58.0 Å². The second-order valence-corrected chi connectivity index (χ2v) is 7.95. The molecule has 2 fully saturated rings. The zero-order valence-electron chi connectivity index (χ0n) is 16.6. The van der Waals surface area contributed by atoms with Crippen molar-refractivity contribution in [2.24, 2.45) is 0 Å². The molecule has 2 amide bonds. The summed E-state index contributed by atoms with van der Waals surface area (Å²) in [6.45, 7) is 4.23. The van der Waals surface area contributed by atoms with Crippen molar-refractivity contribution in [1.82, 2.24) is 9.80 Å². The number of rotatable bonds is 4. The summed E-state index contributed by atoms with van der Waals surface area (Å²) < 4.78 is 13.2. The van der Waals surface area contributed by atoms with Gasteiger partial charge in [-0.25, -0.2) is 4.39 Å². The van der Waals surface area contributed by atoms with E-state index in [0.717, 1.165) is 16.7 Å². The third kappa shape index (κ3) is 3.02. The Bertz CT molecular complexity index is 920. The van der Waals surface area contributed by atoms with Crippen molar-refractivity contribution in [3.8, 4) is 11.1 Å². The van der Waals surface area contributed by atoms with E-state index in [1.807, 2.05) is 31.2 Å². The van der Waals surface area contributed by atoms with Crippen LogP contribution in [0.2, 0.25) is 0 Å². The molecule has 1 spiro atoms. The Morgan fingerprint density at radius 3 is 2.10 bits per heavy atom. The van der Waals surface area contributed by atoms with Gasteiger partial charge in [-0.1, -0.05) is 43.3 Å². The van der Waals surface area contributed by atoms with Crippen LogP contribution in [0.1, 0.15) is 31.7 Å². The first-order chi connectivity index (χ1) is 13.9. The second kappa shape index (κ2) is 7.26. The zero-order chi connectivity index (χ0) is 20.8. The molecule has 0 radical (unpaired) electrons. The summed E-state index contributed by atoms with van der Waals surface area (Å²) in [5, 5.41) is 10.0. The summed E-state index contributed by atoms with van der Waals surface area (Å²) in [6.07, 6.45) is 0.370. The van der Waals surface area contributed by atoms with Gasteiger partial charge < -0.3 is 14.9 Å². The first-order valence-corrected chi connectivity index (χ1v) is 9.95. The monoisotopic (exact) mass is 396 g/mol. The molecular weight excluding hydrogens is 371 g/mol. The van der Waals surface area contributed by atoms with Crippen molar-refractivity contribution in [2.75, 3.05) is 19.7 Å². The van der Waals surface area contributed by atoms with Gasteiger partial charge in [-0.2, -0.15) is 0 Å². The quantitative estimate of drug-likeness (QED) is 0.865. The second-order valence-electron chi connectivity index (χ2n) is 7.95. The summed E-state index contributed by atoms with van der Waals surface area (Å²) in [7, 11) is 0. The summed E-state index contributed by atoms with van der Waals surface area (Å²) in [4.78, 5) is 27.9. The Balaban J connectivity index is 1.64. The van der Waals surface area contributed by atoms with E-state index in [0.29, 0.717) is 19.5 Å². The van der Waals surface area contributed by atoms with E-state index in [1.165, 1.54) is 19.1 Å². The normalized spacial score (nSPS) is 22.2. The van der Waals surface area contributed by atoms with Crippen LogP contribution in [0, 0.1) is 5.82 Å². The van der Waals surface area contributed by atoms with Gasteiger partial charge in [-0.15, -0.1) is 0 Å². The van der Waals surface area contributed by atoms with Crippen molar-refractivity contribution in [3.63, 3.8) is 0 Å². The van der Waals surface area contributed by atoms with Gasteiger partial charge in [0.1, 0.15) is 5.82 Å². The number of hydrogen-bond donors (Lipinski definition) is 1. The number of halogens is 1. The number of aliphatic hydroxyl groups is 1. The minimum Gasteiger partial charge on any atom is -0.394 e. The molecule has 5 nitrogen and oxygen atoms in total. The smallest absolute Gasteiger partial charge is 0.223 e. The first-order valence-electron chi connectivity index (χ1n) is 9.95. The van der Waals surface area contributed by atoms with Crippen LogP contribution in [-0.2, 0) is 9.59 Å². The van der Waals surface area contributed by atoms with E-state index in [-0.39, 0.29) is 36.2 Å². The SMILES string of the molecule is CCC(=O)N1[C@H](CO)[C@@H](c2ccc(-c3ccc(F)cc3)cc2)C12CN(C(C)=O)C2. The largest absolute Gasteiger partial charge is 0.394 e. The molecule has 1 N–H and O–H groups in total. The minimum absolute atomic E-state index is 0.00243. The first kappa shape index (κ1) is 19.6. The topological polar surface area (TPSA) is 60.9 Å². The highest BCUT2D eigenvalue weighted by atomic mass is 19.1. The van der Waals surface area contributed by atoms with E-state index in [9.17, 15) is 19.1 Å². The predicted molar refractivity (Wildman–Crippen MR) is 108 cm³/mol. The van der Waals surface area contributed by atoms with Gasteiger partial charge in [-0.05, 0) is 28.8 Å². The molecular formula is C23H25FN2O3. The average Bonchev–Trinajstić information content (AvgIpc) is 2.67. The fourth-order valence-electron chi connectivity index (χ4n) is 4.94. The van der Waals surface area contributed by atoms with Gasteiger partial charge in [0.2, 0.25) is 11.8 Å². The Kier molecular flexibility index (Phi) is 4.90. The molecule has 0 bridgehead atoms. The molecule has 2 aromatic rings. The zero-order valence-corrected chi connectivity index (χ0v) is 16.6. The van der Waals surface area contributed by atoms with Gasteiger partial charge in [0, 0.05) is 32.4 Å². The fraction of sp³-hybridized carbons (Fsp3) is 0.391. The molecule has 29 heavy (non-hydrogen) atoms. The van der Waals surface area contributed by atoms with Crippen molar-refractivity contribution >= 4 is 11.8 Å². The Morgan fingerprint density at radius 2 is 1.62 bits per heavy atom. The summed E-state index contributed by atoms with van der Waals surface area (Å²) in [5.41, 5.74) is 2.50. The molecule has 2 aliphatic heterocycles. The summed E-state index contributed by atoms with van der Waals surface area (Å²) >= 11 is 0. The molecule has 6 heteroatoms. The van der Waals surface area contributed by atoms with Gasteiger partial charge in [-0.3, -0.25) is 9.59 Å². The van der Waals surface area contributed by atoms with Crippen LogP contribution in [0.4, 0.5) is 4.39 Å². The van der Waals surface area contributed by atoms with E-state index in [4.69, 9.17) is 0 Å². The lowest BCUT2D eigenvalue weighted by Crippen LogP contribution is -2.85. The van der Waals surface area contributed by atoms with Crippen LogP contribution >= 0.6 is 0 Å². The number of carbonyl (C=O) groups excluding carboxylic acids is 2. The standard InChI is InChI=1S/C23H25FN2O3/c1-3-21(29)26-20(12-27)22(23(26)13-25(14-23)15(2)28)18-6-4-16(5-7-18)17-8-10-19(24)11-9-17/h4-11,20,22,27H,3,12-14H2,1-2H3/t20-,22-/m1/s1. The van der Waals surface area contributed by atoms with Crippen molar-refractivity contribution in [2.45, 2.75) is 37.8 Å². The fourth-order valence-corrected chi connectivity index (χ4v) is 4.94. The lowest BCUT2D eigenvalue weighted by atomic mass is 9.60. The third-order valence-electron chi connectivity index (χ3n) is 6.36. The number of likely N-dealkylation sites (tertiary alicyclic amines) is 2. The number of benzene rings is 2. The Hall–Kier alpha value is -2.73.